The summed E-state index contributed by atoms with van der Waals surface area (Å²) in [5, 5.41) is 3.23. The van der Waals surface area contributed by atoms with Gasteiger partial charge in [0.15, 0.2) is 0 Å². The molecular weight excluding hydrogens is 338 g/mol. The molecule has 5 nitrogen and oxygen atoms in total. The van der Waals surface area contributed by atoms with Gasteiger partial charge in [0, 0.05) is 38.6 Å². The lowest BCUT2D eigenvalue weighted by Crippen LogP contribution is -2.58. The fourth-order valence-corrected chi connectivity index (χ4v) is 5.13. The second-order valence-electron chi connectivity index (χ2n) is 9.09. The van der Waals surface area contributed by atoms with Crippen molar-refractivity contribution in [3.8, 4) is 0 Å². The van der Waals surface area contributed by atoms with Gasteiger partial charge in [0.2, 0.25) is 11.8 Å². The number of nitrogens with zero attached hydrogens (tertiary/aromatic N) is 2. The molecule has 3 aliphatic rings. The van der Waals surface area contributed by atoms with E-state index in [1.54, 1.807) is 0 Å². The molecule has 0 bridgehead atoms. The van der Waals surface area contributed by atoms with Crippen LogP contribution in [0.2, 0.25) is 0 Å². The molecule has 3 rings (SSSR count). The second kappa shape index (κ2) is 9.90. The normalized spacial score (nSPS) is 24.9. The monoisotopic (exact) mass is 377 g/mol. The Balaban J connectivity index is 1.56. The lowest BCUT2D eigenvalue weighted by Gasteiger charge is -2.41. The third-order valence-corrected chi connectivity index (χ3v) is 7.16. The van der Waals surface area contributed by atoms with Crippen LogP contribution in [0.25, 0.3) is 0 Å². The first-order valence-electron chi connectivity index (χ1n) is 11.4. The maximum Gasteiger partial charge on any atom is 0.237 e. The Labute approximate surface area is 165 Å². The number of piperazine rings is 1. The van der Waals surface area contributed by atoms with Crippen molar-refractivity contribution in [2.24, 2.45) is 17.8 Å². The number of amides is 2. The van der Waals surface area contributed by atoms with E-state index in [0.29, 0.717) is 17.7 Å². The Morgan fingerprint density at radius 1 is 0.963 bits per heavy atom. The van der Waals surface area contributed by atoms with Crippen LogP contribution in [0.3, 0.4) is 0 Å². The highest BCUT2D eigenvalue weighted by atomic mass is 16.2. The summed E-state index contributed by atoms with van der Waals surface area (Å²) in [7, 11) is 0. The van der Waals surface area contributed by atoms with Gasteiger partial charge in [0.1, 0.15) is 0 Å². The van der Waals surface area contributed by atoms with Crippen molar-refractivity contribution in [3.63, 3.8) is 0 Å². The van der Waals surface area contributed by atoms with Crippen molar-refractivity contribution < 1.29 is 9.59 Å². The minimum Gasteiger partial charge on any atom is -0.354 e. The molecule has 0 aromatic rings. The van der Waals surface area contributed by atoms with Crippen LogP contribution >= 0.6 is 0 Å². The van der Waals surface area contributed by atoms with Crippen molar-refractivity contribution in [3.05, 3.63) is 0 Å². The zero-order valence-corrected chi connectivity index (χ0v) is 17.4. The molecular formula is C22H39N3O2. The Bertz CT molecular complexity index is 490. The van der Waals surface area contributed by atoms with E-state index in [2.05, 4.69) is 29.0 Å². The van der Waals surface area contributed by atoms with E-state index in [1.165, 1.54) is 38.5 Å². The fourth-order valence-electron chi connectivity index (χ4n) is 5.13. The second-order valence-corrected chi connectivity index (χ2v) is 9.09. The highest BCUT2D eigenvalue weighted by Gasteiger charge is 2.38. The van der Waals surface area contributed by atoms with Gasteiger partial charge in [0.25, 0.3) is 0 Å². The Morgan fingerprint density at radius 3 is 2.15 bits per heavy atom. The Morgan fingerprint density at radius 2 is 1.56 bits per heavy atom. The van der Waals surface area contributed by atoms with E-state index >= 15 is 0 Å². The molecule has 2 aliphatic carbocycles. The summed E-state index contributed by atoms with van der Waals surface area (Å²) in [6, 6.07) is 0.000267. The molecule has 154 valence electrons. The van der Waals surface area contributed by atoms with Gasteiger partial charge >= 0.3 is 0 Å². The highest BCUT2D eigenvalue weighted by molar-refractivity contribution is 5.82. The van der Waals surface area contributed by atoms with Crippen LogP contribution in [0, 0.1) is 17.8 Å². The van der Waals surface area contributed by atoms with E-state index in [1.807, 2.05) is 0 Å². The number of carbonyl (C=O) groups excluding carboxylic acids is 2. The van der Waals surface area contributed by atoms with Crippen molar-refractivity contribution in [1.29, 1.82) is 0 Å². The van der Waals surface area contributed by atoms with Crippen LogP contribution < -0.4 is 5.32 Å². The van der Waals surface area contributed by atoms with Gasteiger partial charge < -0.3 is 10.2 Å². The first kappa shape index (κ1) is 20.6. The zero-order chi connectivity index (χ0) is 19.2. The molecule has 2 saturated carbocycles. The van der Waals surface area contributed by atoms with Gasteiger partial charge in [-0.15, -0.1) is 0 Å². The summed E-state index contributed by atoms with van der Waals surface area (Å²) in [5.74, 6) is 1.86. The maximum absolute atomic E-state index is 13.0. The SMILES string of the molecule is CCC(C)CNC(=O)C(C1CCCC1)N1CCN(C(=O)C2CCCC2)CC1. The van der Waals surface area contributed by atoms with E-state index in [9.17, 15) is 9.59 Å². The van der Waals surface area contributed by atoms with Crippen molar-refractivity contribution in [2.45, 2.75) is 77.7 Å². The van der Waals surface area contributed by atoms with Crippen LogP contribution in [0.1, 0.15) is 71.6 Å². The van der Waals surface area contributed by atoms with E-state index < -0.39 is 0 Å². The number of carbonyl (C=O) groups is 2. The molecule has 0 aromatic carbocycles. The topological polar surface area (TPSA) is 52.7 Å². The van der Waals surface area contributed by atoms with Crippen molar-refractivity contribution in [2.75, 3.05) is 32.7 Å². The van der Waals surface area contributed by atoms with Gasteiger partial charge in [-0.2, -0.15) is 0 Å². The number of hydrogen-bond acceptors (Lipinski definition) is 3. The smallest absolute Gasteiger partial charge is 0.237 e. The maximum atomic E-state index is 13.0. The molecule has 5 heteroatoms. The summed E-state index contributed by atoms with van der Waals surface area (Å²) in [6.07, 6.45) is 10.5. The van der Waals surface area contributed by atoms with Crippen LogP contribution in [0.4, 0.5) is 0 Å². The zero-order valence-electron chi connectivity index (χ0n) is 17.4. The Kier molecular flexibility index (Phi) is 7.57. The third kappa shape index (κ3) is 5.24. The lowest BCUT2D eigenvalue weighted by molar-refractivity contribution is -0.138. The van der Waals surface area contributed by atoms with Crippen LogP contribution in [-0.4, -0.2) is 60.4 Å². The number of rotatable bonds is 7. The lowest BCUT2D eigenvalue weighted by atomic mass is 9.94. The summed E-state index contributed by atoms with van der Waals surface area (Å²) in [4.78, 5) is 30.2. The molecule has 1 aliphatic heterocycles. The van der Waals surface area contributed by atoms with Crippen LogP contribution in [0.5, 0.6) is 0 Å². The first-order valence-corrected chi connectivity index (χ1v) is 11.4. The standard InChI is InChI=1S/C22H39N3O2/c1-3-17(2)16-23-21(26)20(18-8-4-5-9-18)24-12-14-25(15-13-24)22(27)19-10-6-7-11-19/h17-20H,3-16H2,1-2H3,(H,23,26). The minimum atomic E-state index is 0.000267. The first-order chi connectivity index (χ1) is 13.1. The summed E-state index contributed by atoms with van der Waals surface area (Å²) in [5.41, 5.74) is 0. The molecule has 1 saturated heterocycles. The molecule has 0 spiro atoms. The Hall–Kier alpha value is -1.10. The van der Waals surface area contributed by atoms with Gasteiger partial charge in [-0.1, -0.05) is 46.0 Å². The molecule has 3 fully saturated rings. The van der Waals surface area contributed by atoms with Gasteiger partial charge in [-0.25, -0.2) is 0 Å². The van der Waals surface area contributed by atoms with Gasteiger partial charge in [0.05, 0.1) is 6.04 Å². The summed E-state index contributed by atoms with van der Waals surface area (Å²) in [6.45, 7) is 8.41. The molecule has 1 N–H and O–H groups in total. The average molecular weight is 378 g/mol. The quantitative estimate of drug-likeness (QED) is 0.742. The van der Waals surface area contributed by atoms with Crippen molar-refractivity contribution >= 4 is 11.8 Å². The van der Waals surface area contributed by atoms with Crippen molar-refractivity contribution in [1.82, 2.24) is 15.1 Å². The number of hydrogen-bond donors (Lipinski definition) is 1. The van der Waals surface area contributed by atoms with E-state index in [0.717, 1.165) is 52.0 Å². The predicted molar refractivity (Wildman–Crippen MR) is 108 cm³/mol. The molecule has 27 heavy (non-hydrogen) atoms. The molecule has 2 unspecified atom stereocenters. The van der Waals surface area contributed by atoms with Crippen LogP contribution in [0.15, 0.2) is 0 Å². The van der Waals surface area contributed by atoms with Gasteiger partial charge in [-0.3, -0.25) is 14.5 Å². The molecule has 1 heterocycles. The molecule has 0 aromatic heterocycles. The van der Waals surface area contributed by atoms with Gasteiger partial charge in [-0.05, 0) is 37.5 Å². The minimum absolute atomic E-state index is 0.000267. The average Bonchev–Trinajstić information content (AvgIpc) is 3.40. The third-order valence-electron chi connectivity index (χ3n) is 7.16. The highest BCUT2D eigenvalue weighted by Crippen LogP contribution is 2.32. The van der Waals surface area contributed by atoms with E-state index in [4.69, 9.17) is 0 Å². The largest absolute Gasteiger partial charge is 0.354 e. The number of nitrogens with one attached hydrogen (secondary N) is 1. The van der Waals surface area contributed by atoms with Crippen LogP contribution in [-0.2, 0) is 9.59 Å². The predicted octanol–water partition coefficient (Wildman–Crippen LogP) is 3.04. The fraction of sp³-hybridized carbons (Fsp3) is 0.909. The molecule has 2 atom stereocenters. The molecule has 2 amide bonds. The summed E-state index contributed by atoms with van der Waals surface area (Å²) < 4.78 is 0. The summed E-state index contributed by atoms with van der Waals surface area (Å²) >= 11 is 0. The molecule has 0 radical (unpaired) electrons. The van der Waals surface area contributed by atoms with E-state index in [-0.39, 0.29) is 17.9 Å².